The zero-order chi connectivity index (χ0) is 22.0. The Morgan fingerprint density at radius 2 is 1.97 bits per heavy atom. The van der Waals surface area contributed by atoms with Crippen molar-refractivity contribution < 1.29 is 13.2 Å². The minimum absolute atomic E-state index is 0.110. The van der Waals surface area contributed by atoms with Gasteiger partial charge in [0.05, 0.1) is 17.0 Å². The van der Waals surface area contributed by atoms with E-state index < -0.39 is 16.1 Å². The Bertz CT molecular complexity index is 1120. The molecule has 2 N–H and O–H groups in total. The standard InChI is InChI=1S/C23H26N4O3S/c1-27-15-19-13-18(9-10-22(19)31(27,29)30)17-7-5-16(6-8-17)12-20(14-24)26-23(28)21-4-2-3-11-25-21/h5-10,13,20-21,25H,2-4,11-12,15H2,1H3,(H,26,28)/t20-,21?/m0/s1. The van der Waals surface area contributed by atoms with E-state index in [1.54, 1.807) is 13.1 Å². The molecule has 1 saturated heterocycles. The van der Waals surface area contributed by atoms with Crippen LogP contribution in [0.1, 0.15) is 30.4 Å². The number of benzene rings is 2. The van der Waals surface area contributed by atoms with Crippen LogP contribution in [0.5, 0.6) is 0 Å². The van der Waals surface area contributed by atoms with Gasteiger partial charge in [0.1, 0.15) is 6.04 Å². The number of nitrogens with zero attached hydrogens (tertiary/aromatic N) is 2. The van der Waals surface area contributed by atoms with Crippen LogP contribution in [0.3, 0.4) is 0 Å². The molecule has 2 aliphatic rings. The first-order valence-electron chi connectivity index (χ1n) is 10.5. The molecular weight excluding hydrogens is 412 g/mol. The topological polar surface area (TPSA) is 102 Å². The van der Waals surface area contributed by atoms with Crippen LogP contribution >= 0.6 is 0 Å². The van der Waals surface area contributed by atoms with Gasteiger partial charge in [-0.05, 0) is 53.8 Å². The second kappa shape index (κ2) is 8.79. The molecule has 2 aromatic carbocycles. The average molecular weight is 439 g/mol. The molecule has 7 nitrogen and oxygen atoms in total. The first kappa shape index (κ1) is 21.5. The summed E-state index contributed by atoms with van der Waals surface area (Å²) in [6, 6.07) is 14.6. The van der Waals surface area contributed by atoms with Crippen LogP contribution in [0, 0.1) is 11.3 Å². The Morgan fingerprint density at radius 1 is 1.23 bits per heavy atom. The number of carbonyl (C=O) groups excluding carboxylic acids is 1. The highest BCUT2D eigenvalue weighted by molar-refractivity contribution is 7.89. The van der Waals surface area contributed by atoms with Crippen molar-refractivity contribution in [3.05, 3.63) is 53.6 Å². The van der Waals surface area contributed by atoms with Crippen LogP contribution in [-0.4, -0.2) is 44.3 Å². The maximum Gasteiger partial charge on any atom is 0.243 e. The molecule has 0 saturated carbocycles. The maximum absolute atomic E-state index is 12.4. The molecule has 2 aliphatic heterocycles. The van der Waals surface area contributed by atoms with E-state index in [9.17, 15) is 18.5 Å². The highest BCUT2D eigenvalue weighted by atomic mass is 32.2. The van der Waals surface area contributed by atoms with E-state index in [1.165, 1.54) is 4.31 Å². The fourth-order valence-electron chi connectivity index (χ4n) is 4.17. The van der Waals surface area contributed by atoms with Crippen LogP contribution in [-0.2, 0) is 27.8 Å². The minimum Gasteiger partial charge on any atom is -0.339 e. The molecule has 0 aromatic heterocycles. The third-order valence-electron chi connectivity index (χ3n) is 5.97. The van der Waals surface area contributed by atoms with Crippen LogP contribution in [0.4, 0.5) is 0 Å². The normalized spacial score (nSPS) is 21.1. The first-order valence-corrected chi connectivity index (χ1v) is 11.9. The molecule has 2 atom stereocenters. The van der Waals surface area contributed by atoms with E-state index in [0.29, 0.717) is 17.9 Å². The Labute approximate surface area is 183 Å². The number of sulfonamides is 1. The molecule has 162 valence electrons. The molecule has 0 bridgehead atoms. The van der Waals surface area contributed by atoms with Gasteiger partial charge in [-0.3, -0.25) is 4.79 Å². The highest BCUT2D eigenvalue weighted by Crippen LogP contribution is 2.32. The lowest BCUT2D eigenvalue weighted by molar-refractivity contribution is -0.124. The molecule has 1 unspecified atom stereocenters. The van der Waals surface area contributed by atoms with Gasteiger partial charge >= 0.3 is 0 Å². The van der Waals surface area contributed by atoms with Gasteiger partial charge in [0.2, 0.25) is 15.9 Å². The number of nitrogens with one attached hydrogen (secondary N) is 2. The van der Waals surface area contributed by atoms with Gasteiger partial charge in [-0.15, -0.1) is 0 Å². The highest BCUT2D eigenvalue weighted by Gasteiger charge is 2.31. The summed E-state index contributed by atoms with van der Waals surface area (Å²) in [5.41, 5.74) is 3.68. The third-order valence-corrected chi connectivity index (χ3v) is 7.87. The maximum atomic E-state index is 12.4. The molecule has 4 rings (SSSR count). The van der Waals surface area contributed by atoms with Gasteiger partial charge in [0, 0.05) is 20.0 Å². The van der Waals surface area contributed by atoms with Crippen molar-refractivity contribution >= 4 is 15.9 Å². The number of fused-ring (bicyclic) bond motifs is 1. The Hall–Kier alpha value is -2.73. The van der Waals surface area contributed by atoms with Gasteiger partial charge in [-0.1, -0.05) is 36.8 Å². The van der Waals surface area contributed by atoms with Crippen LogP contribution in [0.15, 0.2) is 47.4 Å². The van der Waals surface area contributed by atoms with Crippen molar-refractivity contribution in [2.24, 2.45) is 0 Å². The SMILES string of the molecule is CN1Cc2cc(-c3ccc(C[C@@H](C#N)NC(=O)C4CCCCN4)cc3)ccc2S1(=O)=O. The van der Waals surface area contributed by atoms with E-state index in [1.807, 2.05) is 36.4 Å². The lowest BCUT2D eigenvalue weighted by Gasteiger charge is -2.23. The summed E-state index contributed by atoms with van der Waals surface area (Å²) < 4.78 is 25.9. The smallest absolute Gasteiger partial charge is 0.243 e. The van der Waals surface area contributed by atoms with E-state index in [-0.39, 0.29) is 11.9 Å². The summed E-state index contributed by atoms with van der Waals surface area (Å²) in [6.07, 6.45) is 3.34. The largest absolute Gasteiger partial charge is 0.339 e. The Balaban J connectivity index is 1.43. The van der Waals surface area contributed by atoms with E-state index in [0.717, 1.165) is 48.1 Å². The first-order chi connectivity index (χ1) is 14.9. The Kier molecular flexibility index (Phi) is 6.10. The predicted octanol–water partition coefficient (Wildman–Crippen LogP) is 2.18. The molecule has 8 heteroatoms. The van der Waals surface area contributed by atoms with Crippen molar-refractivity contribution in [2.75, 3.05) is 13.6 Å². The summed E-state index contributed by atoms with van der Waals surface area (Å²) >= 11 is 0. The lowest BCUT2D eigenvalue weighted by atomic mass is 9.99. The number of hydrogen-bond donors (Lipinski definition) is 2. The van der Waals surface area contributed by atoms with Gasteiger partial charge in [-0.25, -0.2) is 8.42 Å². The molecular formula is C23H26N4O3S. The van der Waals surface area contributed by atoms with Crippen molar-refractivity contribution in [3.8, 4) is 17.2 Å². The monoisotopic (exact) mass is 438 g/mol. The van der Waals surface area contributed by atoms with Crippen molar-refractivity contribution in [1.29, 1.82) is 5.26 Å². The van der Waals surface area contributed by atoms with Crippen molar-refractivity contribution in [2.45, 2.75) is 49.2 Å². The number of amides is 1. The fraction of sp³-hybridized carbons (Fsp3) is 0.391. The number of hydrogen-bond acceptors (Lipinski definition) is 5. The number of carbonyl (C=O) groups is 1. The fourth-order valence-corrected chi connectivity index (χ4v) is 5.51. The molecule has 31 heavy (non-hydrogen) atoms. The number of piperidine rings is 1. The summed E-state index contributed by atoms with van der Waals surface area (Å²) in [6.45, 7) is 1.21. The van der Waals surface area contributed by atoms with E-state index >= 15 is 0 Å². The minimum atomic E-state index is -3.36. The average Bonchev–Trinajstić information content (AvgIpc) is 3.02. The van der Waals surface area contributed by atoms with Gasteiger partial charge in [0.25, 0.3) is 0 Å². The number of nitriles is 1. The summed E-state index contributed by atoms with van der Waals surface area (Å²) in [4.78, 5) is 12.8. The van der Waals surface area contributed by atoms with Crippen LogP contribution in [0.2, 0.25) is 0 Å². The molecule has 0 aliphatic carbocycles. The van der Waals surface area contributed by atoms with Crippen molar-refractivity contribution in [1.82, 2.24) is 14.9 Å². The lowest BCUT2D eigenvalue weighted by Crippen LogP contribution is -2.49. The molecule has 0 radical (unpaired) electrons. The molecule has 0 spiro atoms. The summed E-state index contributed by atoms with van der Waals surface area (Å²) in [7, 11) is -1.78. The third kappa shape index (κ3) is 4.49. The van der Waals surface area contributed by atoms with Gasteiger partial charge in [0.15, 0.2) is 0 Å². The zero-order valence-corrected chi connectivity index (χ0v) is 18.3. The molecule has 2 aromatic rings. The second-order valence-electron chi connectivity index (χ2n) is 8.18. The van der Waals surface area contributed by atoms with Crippen LogP contribution < -0.4 is 10.6 Å². The van der Waals surface area contributed by atoms with Crippen LogP contribution in [0.25, 0.3) is 11.1 Å². The quantitative estimate of drug-likeness (QED) is 0.745. The molecule has 2 heterocycles. The summed E-state index contributed by atoms with van der Waals surface area (Å²) in [5.74, 6) is -0.110. The van der Waals surface area contributed by atoms with E-state index in [4.69, 9.17) is 0 Å². The van der Waals surface area contributed by atoms with Gasteiger partial charge in [-0.2, -0.15) is 9.57 Å². The predicted molar refractivity (Wildman–Crippen MR) is 117 cm³/mol. The molecule has 1 amide bonds. The van der Waals surface area contributed by atoms with Crippen molar-refractivity contribution in [3.63, 3.8) is 0 Å². The molecule has 1 fully saturated rings. The van der Waals surface area contributed by atoms with E-state index in [2.05, 4.69) is 16.7 Å². The zero-order valence-electron chi connectivity index (χ0n) is 17.5. The summed E-state index contributed by atoms with van der Waals surface area (Å²) in [5, 5.41) is 15.5. The number of rotatable bonds is 5. The Morgan fingerprint density at radius 3 is 2.65 bits per heavy atom. The second-order valence-corrected chi connectivity index (χ2v) is 10.2. The van der Waals surface area contributed by atoms with Gasteiger partial charge < -0.3 is 10.6 Å².